The molecule has 4 heteroatoms. The van der Waals surface area contributed by atoms with Gasteiger partial charge in [-0.3, -0.25) is 4.79 Å². The summed E-state index contributed by atoms with van der Waals surface area (Å²) < 4.78 is 10.4. The van der Waals surface area contributed by atoms with Gasteiger partial charge in [0, 0.05) is 17.0 Å². The molecule has 2 aromatic rings. The van der Waals surface area contributed by atoms with E-state index in [0.717, 1.165) is 11.1 Å². The number of Topliss-reactive ketones (excluding diaryl/α,β-unsaturated/α-hetero) is 1. The highest BCUT2D eigenvalue weighted by molar-refractivity contribution is 6.30. The van der Waals surface area contributed by atoms with Gasteiger partial charge in [-0.05, 0) is 36.8 Å². The molecule has 0 aliphatic heterocycles. The highest BCUT2D eigenvalue weighted by Gasteiger charge is 2.15. The van der Waals surface area contributed by atoms with E-state index in [0.29, 0.717) is 16.5 Å². The Kier molecular flexibility index (Phi) is 3.72. The molecule has 0 N–H and O–H groups in total. The third-order valence-corrected chi connectivity index (χ3v) is 2.94. The number of methoxy groups -OCH3 is 1. The Morgan fingerprint density at radius 2 is 2.17 bits per heavy atom. The maximum Gasteiger partial charge on any atom is 0.202 e. The van der Waals surface area contributed by atoms with Gasteiger partial charge in [0.15, 0.2) is 5.76 Å². The number of hydrogen-bond acceptors (Lipinski definition) is 3. The minimum atomic E-state index is -0.0851. The van der Waals surface area contributed by atoms with Crippen LogP contribution in [0.1, 0.15) is 21.7 Å². The number of aryl methyl sites for hydroxylation is 1. The number of benzene rings is 1. The molecular formula is C14H13ClO3. The lowest BCUT2D eigenvalue weighted by atomic mass is 10.0. The van der Waals surface area contributed by atoms with Crippen LogP contribution in [0.15, 0.2) is 34.9 Å². The van der Waals surface area contributed by atoms with Crippen LogP contribution in [-0.2, 0) is 6.42 Å². The average Bonchev–Trinajstić information content (AvgIpc) is 2.76. The van der Waals surface area contributed by atoms with Gasteiger partial charge in [-0.2, -0.15) is 0 Å². The Morgan fingerprint density at radius 3 is 2.78 bits per heavy atom. The average molecular weight is 265 g/mol. The number of carbonyl (C=O) groups is 1. The second-order valence-corrected chi connectivity index (χ2v) is 4.43. The second-order valence-electron chi connectivity index (χ2n) is 3.99. The number of carbonyl (C=O) groups excluding carboxylic acids is 1. The summed E-state index contributed by atoms with van der Waals surface area (Å²) in [6.07, 6.45) is 1.72. The predicted molar refractivity (Wildman–Crippen MR) is 69.5 cm³/mol. The van der Waals surface area contributed by atoms with Crippen LogP contribution in [0.4, 0.5) is 0 Å². The van der Waals surface area contributed by atoms with Gasteiger partial charge in [-0.1, -0.05) is 11.6 Å². The van der Waals surface area contributed by atoms with E-state index in [9.17, 15) is 4.79 Å². The maximum absolute atomic E-state index is 12.1. The van der Waals surface area contributed by atoms with Crippen molar-refractivity contribution in [2.24, 2.45) is 0 Å². The zero-order valence-corrected chi connectivity index (χ0v) is 11.0. The molecule has 1 aromatic heterocycles. The van der Waals surface area contributed by atoms with Gasteiger partial charge in [-0.25, -0.2) is 0 Å². The van der Waals surface area contributed by atoms with Gasteiger partial charge < -0.3 is 9.15 Å². The molecule has 2 rings (SSSR count). The molecule has 0 aliphatic rings. The number of rotatable bonds is 4. The molecule has 0 saturated carbocycles. The molecule has 0 saturated heterocycles. The lowest BCUT2D eigenvalue weighted by molar-refractivity contribution is 0.0964. The van der Waals surface area contributed by atoms with Crippen molar-refractivity contribution in [2.75, 3.05) is 7.11 Å². The van der Waals surface area contributed by atoms with E-state index in [-0.39, 0.29) is 12.2 Å². The second kappa shape index (κ2) is 5.27. The molecule has 94 valence electrons. The fourth-order valence-electron chi connectivity index (χ4n) is 1.80. The van der Waals surface area contributed by atoms with E-state index in [1.807, 2.05) is 6.92 Å². The fraction of sp³-hybridized carbons (Fsp3) is 0.214. The third kappa shape index (κ3) is 2.57. The van der Waals surface area contributed by atoms with Crippen LogP contribution in [0.3, 0.4) is 0 Å². The highest BCUT2D eigenvalue weighted by Crippen LogP contribution is 2.24. The molecule has 1 aromatic carbocycles. The highest BCUT2D eigenvalue weighted by atomic mass is 35.5. The summed E-state index contributed by atoms with van der Waals surface area (Å²) in [5.74, 6) is 0.951. The van der Waals surface area contributed by atoms with Crippen molar-refractivity contribution in [1.82, 2.24) is 0 Å². The third-order valence-electron chi connectivity index (χ3n) is 2.71. The summed E-state index contributed by atoms with van der Waals surface area (Å²) in [6.45, 7) is 1.84. The number of furan rings is 1. The van der Waals surface area contributed by atoms with Crippen LogP contribution >= 0.6 is 11.6 Å². The maximum atomic E-state index is 12.1. The van der Waals surface area contributed by atoms with Gasteiger partial charge in [0.25, 0.3) is 0 Å². The van der Waals surface area contributed by atoms with Gasteiger partial charge in [0.1, 0.15) is 5.75 Å². The number of halogens is 1. The van der Waals surface area contributed by atoms with Crippen molar-refractivity contribution in [1.29, 1.82) is 0 Å². The summed E-state index contributed by atoms with van der Waals surface area (Å²) in [7, 11) is 1.56. The van der Waals surface area contributed by atoms with Crippen molar-refractivity contribution in [3.63, 3.8) is 0 Å². The molecule has 18 heavy (non-hydrogen) atoms. The first kappa shape index (κ1) is 12.7. The van der Waals surface area contributed by atoms with Crippen LogP contribution in [0.5, 0.6) is 5.75 Å². The van der Waals surface area contributed by atoms with E-state index in [4.69, 9.17) is 20.8 Å². The molecule has 3 nitrogen and oxygen atoms in total. The van der Waals surface area contributed by atoms with Crippen molar-refractivity contribution in [3.8, 4) is 5.75 Å². The lowest BCUT2D eigenvalue weighted by Crippen LogP contribution is -2.05. The van der Waals surface area contributed by atoms with Crippen molar-refractivity contribution >= 4 is 17.4 Å². The van der Waals surface area contributed by atoms with Crippen molar-refractivity contribution in [3.05, 3.63) is 52.4 Å². The Bertz CT molecular complexity index is 572. The monoisotopic (exact) mass is 264 g/mol. The molecule has 0 spiro atoms. The van der Waals surface area contributed by atoms with Crippen LogP contribution in [-0.4, -0.2) is 12.9 Å². The first-order valence-corrected chi connectivity index (χ1v) is 5.89. The van der Waals surface area contributed by atoms with E-state index >= 15 is 0 Å². The van der Waals surface area contributed by atoms with Crippen LogP contribution in [0.2, 0.25) is 5.02 Å². The van der Waals surface area contributed by atoms with Gasteiger partial charge >= 0.3 is 0 Å². The van der Waals surface area contributed by atoms with Crippen LogP contribution < -0.4 is 4.74 Å². The number of hydrogen-bond donors (Lipinski definition) is 0. The molecule has 0 atom stereocenters. The summed E-state index contributed by atoms with van der Waals surface area (Å²) in [4.78, 5) is 12.1. The zero-order valence-electron chi connectivity index (χ0n) is 10.2. The molecule has 0 unspecified atom stereocenters. The van der Waals surface area contributed by atoms with Crippen molar-refractivity contribution in [2.45, 2.75) is 13.3 Å². The van der Waals surface area contributed by atoms with E-state index < -0.39 is 0 Å². The van der Waals surface area contributed by atoms with Gasteiger partial charge in [-0.15, -0.1) is 0 Å². The smallest absolute Gasteiger partial charge is 0.202 e. The zero-order chi connectivity index (χ0) is 13.1. The minimum Gasteiger partial charge on any atom is -0.496 e. The quantitative estimate of drug-likeness (QED) is 0.791. The van der Waals surface area contributed by atoms with E-state index in [1.54, 1.807) is 31.4 Å². The summed E-state index contributed by atoms with van der Waals surface area (Å²) >= 11 is 5.92. The van der Waals surface area contributed by atoms with Gasteiger partial charge in [0.2, 0.25) is 5.78 Å². The first-order valence-electron chi connectivity index (χ1n) is 5.51. The molecule has 1 heterocycles. The SMILES string of the molecule is COc1ccc(Cl)cc1CC(=O)c1occc1C. The molecule has 0 aliphatic carbocycles. The lowest BCUT2D eigenvalue weighted by Gasteiger charge is -2.07. The standard InChI is InChI=1S/C14H13ClO3/c1-9-5-6-18-14(9)12(16)8-10-7-11(15)3-4-13(10)17-2/h3-7H,8H2,1-2H3. The number of ketones is 1. The summed E-state index contributed by atoms with van der Waals surface area (Å²) in [5, 5.41) is 0.578. The Hall–Kier alpha value is -1.74. The Labute approximate surface area is 110 Å². The minimum absolute atomic E-state index is 0.0851. The van der Waals surface area contributed by atoms with Crippen LogP contribution in [0.25, 0.3) is 0 Å². The first-order chi connectivity index (χ1) is 8.61. The van der Waals surface area contributed by atoms with Crippen molar-refractivity contribution < 1.29 is 13.9 Å². The largest absolute Gasteiger partial charge is 0.496 e. The van der Waals surface area contributed by atoms with Crippen LogP contribution in [0, 0.1) is 6.92 Å². The Balaban J connectivity index is 2.27. The molecular weight excluding hydrogens is 252 g/mol. The summed E-state index contributed by atoms with van der Waals surface area (Å²) in [6, 6.07) is 6.98. The molecule has 0 fully saturated rings. The van der Waals surface area contributed by atoms with Gasteiger partial charge in [0.05, 0.1) is 13.4 Å². The Morgan fingerprint density at radius 1 is 1.39 bits per heavy atom. The molecule has 0 bridgehead atoms. The normalized spacial score (nSPS) is 10.4. The molecule has 0 amide bonds. The van der Waals surface area contributed by atoms with E-state index in [2.05, 4.69) is 0 Å². The van der Waals surface area contributed by atoms with E-state index in [1.165, 1.54) is 6.26 Å². The predicted octanol–water partition coefficient (Wildman–Crippen LogP) is 3.68. The topological polar surface area (TPSA) is 39.4 Å². The fourth-order valence-corrected chi connectivity index (χ4v) is 1.99. The molecule has 0 radical (unpaired) electrons. The number of ether oxygens (including phenoxy) is 1. The summed E-state index contributed by atoms with van der Waals surface area (Å²) in [5.41, 5.74) is 1.59.